The van der Waals surface area contributed by atoms with Crippen LogP contribution in [0.5, 0.6) is 0 Å². The summed E-state index contributed by atoms with van der Waals surface area (Å²) in [6, 6.07) is 0. The molecular formula is C12H19N7O2. The first-order valence-corrected chi connectivity index (χ1v) is 6.99. The lowest BCUT2D eigenvalue weighted by molar-refractivity contribution is 0.0518. The van der Waals surface area contributed by atoms with Crippen molar-refractivity contribution in [3.05, 3.63) is 17.2 Å². The van der Waals surface area contributed by atoms with E-state index in [4.69, 9.17) is 4.74 Å². The van der Waals surface area contributed by atoms with Crippen LogP contribution >= 0.6 is 0 Å². The van der Waals surface area contributed by atoms with E-state index in [-0.39, 0.29) is 5.69 Å². The number of hydrogen-bond acceptors (Lipinski definition) is 7. The first-order valence-electron chi connectivity index (χ1n) is 6.99. The molecule has 9 nitrogen and oxygen atoms in total. The third-order valence-electron chi connectivity index (χ3n) is 3.07. The zero-order valence-corrected chi connectivity index (χ0v) is 12.5. The van der Waals surface area contributed by atoms with Crippen LogP contribution in [0.4, 0.5) is 0 Å². The normalized spacial score (nSPS) is 10.8. The molecule has 0 aliphatic carbocycles. The average Bonchev–Trinajstić information content (AvgIpc) is 3.05. The van der Waals surface area contributed by atoms with Crippen LogP contribution in [0.3, 0.4) is 0 Å². The van der Waals surface area contributed by atoms with E-state index in [1.807, 2.05) is 0 Å². The van der Waals surface area contributed by atoms with Crippen molar-refractivity contribution in [1.82, 2.24) is 35.2 Å². The lowest BCUT2D eigenvalue weighted by atomic mass is 10.3. The summed E-state index contributed by atoms with van der Waals surface area (Å²) in [6.45, 7) is 7.07. The molecular weight excluding hydrogens is 274 g/mol. The first kappa shape index (κ1) is 15.1. The number of aromatic nitrogens is 7. The second-order valence-electron chi connectivity index (χ2n) is 4.57. The fraction of sp³-hybridized carbons (Fsp3) is 0.667. The number of esters is 1. The molecule has 0 fully saturated rings. The molecule has 2 heterocycles. The number of carbonyl (C=O) groups excluding carboxylic acids is 1. The van der Waals surface area contributed by atoms with E-state index in [9.17, 15) is 4.79 Å². The number of hydrogen-bond donors (Lipinski definition) is 0. The Labute approximate surface area is 122 Å². The standard InChI is InChI=1S/C12H19N7O2/c1-4-6-7-18-10(13-15-17-18)8-19-9(3)11(14-16-19)12(20)21-5-2/h4-8H2,1-3H3. The third-order valence-corrected chi connectivity index (χ3v) is 3.07. The minimum atomic E-state index is -0.466. The highest BCUT2D eigenvalue weighted by molar-refractivity contribution is 5.88. The molecule has 9 heteroatoms. The summed E-state index contributed by atoms with van der Waals surface area (Å²) in [4.78, 5) is 11.7. The van der Waals surface area contributed by atoms with Crippen LogP contribution in [0.25, 0.3) is 0 Å². The number of nitrogens with zero attached hydrogens (tertiary/aromatic N) is 7. The van der Waals surface area contributed by atoms with Crippen LogP contribution in [0.2, 0.25) is 0 Å². The van der Waals surface area contributed by atoms with E-state index in [0.717, 1.165) is 19.4 Å². The predicted octanol–water partition coefficient (Wildman–Crippen LogP) is 0.598. The SMILES string of the molecule is CCCCn1nnnc1Cn1nnc(C(=O)OCC)c1C. The Morgan fingerprint density at radius 3 is 2.71 bits per heavy atom. The molecule has 0 radical (unpaired) electrons. The van der Waals surface area contributed by atoms with Crippen molar-refractivity contribution in [2.24, 2.45) is 0 Å². The molecule has 0 spiro atoms. The molecule has 21 heavy (non-hydrogen) atoms. The van der Waals surface area contributed by atoms with Crippen molar-refractivity contribution in [3.63, 3.8) is 0 Å². The first-order chi connectivity index (χ1) is 10.2. The summed E-state index contributed by atoms with van der Waals surface area (Å²) in [6.07, 6.45) is 2.07. The Morgan fingerprint density at radius 2 is 2.00 bits per heavy atom. The minimum Gasteiger partial charge on any atom is -0.461 e. The van der Waals surface area contributed by atoms with Crippen LogP contribution in [0.15, 0.2) is 0 Å². The largest absolute Gasteiger partial charge is 0.461 e. The van der Waals surface area contributed by atoms with Gasteiger partial charge >= 0.3 is 5.97 Å². The Hall–Kier alpha value is -2.32. The number of tetrazole rings is 1. The van der Waals surface area contributed by atoms with Crippen molar-refractivity contribution < 1.29 is 9.53 Å². The fourth-order valence-corrected chi connectivity index (χ4v) is 1.85. The lowest BCUT2D eigenvalue weighted by Gasteiger charge is -2.05. The van der Waals surface area contributed by atoms with Crippen molar-refractivity contribution in [2.75, 3.05) is 6.61 Å². The Morgan fingerprint density at radius 1 is 1.19 bits per heavy atom. The summed E-state index contributed by atoms with van der Waals surface area (Å²) < 4.78 is 8.28. The van der Waals surface area contributed by atoms with E-state index < -0.39 is 5.97 Å². The quantitative estimate of drug-likeness (QED) is 0.689. The van der Waals surface area contributed by atoms with E-state index in [1.54, 1.807) is 23.2 Å². The van der Waals surface area contributed by atoms with Gasteiger partial charge in [0.2, 0.25) is 0 Å². The maximum atomic E-state index is 11.7. The van der Waals surface area contributed by atoms with E-state index in [1.165, 1.54) is 0 Å². The summed E-state index contributed by atoms with van der Waals surface area (Å²) >= 11 is 0. The summed E-state index contributed by atoms with van der Waals surface area (Å²) in [7, 11) is 0. The average molecular weight is 293 g/mol. The summed E-state index contributed by atoms with van der Waals surface area (Å²) in [5.74, 6) is 0.221. The van der Waals surface area contributed by atoms with Crippen LogP contribution in [0.1, 0.15) is 48.7 Å². The van der Waals surface area contributed by atoms with E-state index in [2.05, 4.69) is 32.8 Å². The number of rotatable bonds is 7. The monoisotopic (exact) mass is 293 g/mol. The fourth-order valence-electron chi connectivity index (χ4n) is 1.85. The minimum absolute atomic E-state index is 0.226. The van der Waals surface area contributed by atoms with Crippen molar-refractivity contribution in [1.29, 1.82) is 0 Å². The van der Waals surface area contributed by atoms with Gasteiger partial charge in [0.15, 0.2) is 11.5 Å². The second-order valence-corrected chi connectivity index (χ2v) is 4.57. The van der Waals surface area contributed by atoms with Gasteiger partial charge < -0.3 is 4.74 Å². The van der Waals surface area contributed by atoms with Crippen LogP contribution in [-0.2, 0) is 17.8 Å². The zero-order chi connectivity index (χ0) is 15.2. The molecule has 0 bridgehead atoms. The zero-order valence-electron chi connectivity index (χ0n) is 12.5. The van der Waals surface area contributed by atoms with Gasteiger partial charge in [0.25, 0.3) is 0 Å². The Kier molecular flexibility index (Phi) is 4.96. The van der Waals surface area contributed by atoms with Crippen LogP contribution in [-0.4, -0.2) is 47.8 Å². The molecule has 0 N–H and O–H groups in total. The maximum absolute atomic E-state index is 11.7. The highest BCUT2D eigenvalue weighted by Crippen LogP contribution is 2.08. The highest BCUT2D eigenvalue weighted by Gasteiger charge is 2.18. The van der Waals surface area contributed by atoms with Crippen molar-refractivity contribution in [2.45, 2.75) is 46.7 Å². The van der Waals surface area contributed by atoms with Crippen molar-refractivity contribution >= 4 is 5.97 Å². The number of ether oxygens (including phenoxy) is 1. The molecule has 0 saturated carbocycles. The number of unbranched alkanes of at least 4 members (excludes halogenated alkanes) is 1. The topological polar surface area (TPSA) is 101 Å². The van der Waals surface area contributed by atoms with E-state index in [0.29, 0.717) is 24.7 Å². The summed E-state index contributed by atoms with van der Waals surface area (Å²) in [5.41, 5.74) is 0.864. The van der Waals surface area contributed by atoms with Crippen LogP contribution in [0, 0.1) is 6.92 Å². The molecule has 0 saturated heterocycles. The van der Waals surface area contributed by atoms with Crippen molar-refractivity contribution in [3.8, 4) is 0 Å². The third kappa shape index (κ3) is 3.41. The molecule has 114 valence electrons. The number of carbonyl (C=O) groups is 1. The lowest BCUT2D eigenvalue weighted by Crippen LogP contribution is -2.13. The van der Waals surface area contributed by atoms with Gasteiger partial charge in [-0.25, -0.2) is 14.2 Å². The van der Waals surface area contributed by atoms with Crippen LogP contribution < -0.4 is 0 Å². The molecule has 0 atom stereocenters. The van der Waals surface area contributed by atoms with Gasteiger partial charge in [0.05, 0.1) is 12.3 Å². The van der Waals surface area contributed by atoms with Gasteiger partial charge in [0.1, 0.15) is 6.54 Å². The summed E-state index contributed by atoms with van der Waals surface area (Å²) in [5, 5.41) is 19.5. The molecule has 2 aromatic rings. The van der Waals surface area contributed by atoms with E-state index >= 15 is 0 Å². The highest BCUT2D eigenvalue weighted by atomic mass is 16.5. The molecule has 0 aliphatic rings. The predicted molar refractivity (Wildman–Crippen MR) is 72.5 cm³/mol. The molecule has 0 aromatic carbocycles. The smallest absolute Gasteiger partial charge is 0.360 e. The Bertz CT molecular complexity index is 605. The molecule has 2 rings (SSSR count). The van der Waals surface area contributed by atoms with Gasteiger partial charge in [-0.05, 0) is 30.7 Å². The number of aryl methyl sites for hydroxylation is 1. The molecule has 2 aromatic heterocycles. The maximum Gasteiger partial charge on any atom is 0.360 e. The van der Waals surface area contributed by atoms with Gasteiger partial charge in [-0.15, -0.1) is 10.2 Å². The molecule has 0 unspecified atom stereocenters. The van der Waals surface area contributed by atoms with Gasteiger partial charge in [-0.1, -0.05) is 18.6 Å². The second kappa shape index (κ2) is 6.91. The molecule has 0 amide bonds. The Balaban J connectivity index is 2.14. The van der Waals surface area contributed by atoms with Gasteiger partial charge in [-0.2, -0.15) is 0 Å². The van der Waals surface area contributed by atoms with Gasteiger partial charge in [0, 0.05) is 6.54 Å². The molecule has 0 aliphatic heterocycles. The van der Waals surface area contributed by atoms with Gasteiger partial charge in [-0.3, -0.25) is 0 Å².